The molecule has 3 saturated heterocycles. The van der Waals surface area contributed by atoms with E-state index in [1.54, 1.807) is 4.90 Å². The first-order valence-electron chi connectivity index (χ1n) is 9.23. The summed E-state index contributed by atoms with van der Waals surface area (Å²) in [6, 6.07) is 0.197. The predicted octanol–water partition coefficient (Wildman–Crippen LogP) is -0.482. The monoisotopic (exact) mass is 338 g/mol. The number of carbonyl (C=O) groups is 2. The minimum absolute atomic E-state index is 0.0675. The van der Waals surface area contributed by atoms with Crippen LogP contribution in [0.1, 0.15) is 25.7 Å². The maximum atomic E-state index is 12.7. The van der Waals surface area contributed by atoms with Gasteiger partial charge in [-0.15, -0.1) is 0 Å². The van der Waals surface area contributed by atoms with Gasteiger partial charge in [-0.05, 0) is 32.7 Å². The maximum absolute atomic E-state index is 12.7. The van der Waals surface area contributed by atoms with Crippen molar-refractivity contribution in [2.75, 3.05) is 53.0 Å². The Bertz CT molecular complexity index is 442. The van der Waals surface area contributed by atoms with Gasteiger partial charge in [0.1, 0.15) is 6.17 Å². The molecule has 0 radical (unpaired) electrons. The Labute approximate surface area is 144 Å². The topological polar surface area (TPSA) is 65.1 Å². The third kappa shape index (κ3) is 3.79. The average Bonchev–Trinajstić information content (AvgIpc) is 3.06. The van der Waals surface area contributed by atoms with Crippen LogP contribution in [0.25, 0.3) is 0 Å². The van der Waals surface area contributed by atoms with E-state index in [0.29, 0.717) is 12.6 Å². The van der Waals surface area contributed by atoms with Crippen molar-refractivity contribution < 1.29 is 14.3 Å². The lowest BCUT2D eigenvalue weighted by molar-refractivity contribution is -0.147. The number of likely N-dealkylation sites (tertiary alicyclic amines) is 2. The third-order valence-corrected chi connectivity index (χ3v) is 5.60. The molecule has 3 aliphatic heterocycles. The number of piperidine rings is 1. The highest BCUT2D eigenvalue weighted by Gasteiger charge is 2.39. The van der Waals surface area contributed by atoms with E-state index in [2.05, 4.69) is 15.1 Å². The van der Waals surface area contributed by atoms with Crippen molar-refractivity contribution in [3.05, 3.63) is 0 Å². The SMILES string of the molecule is CN[C@@H]1CCCN(C(C=O)N2CCC[C@H]2CN2CCOCC2)C1=O. The molecule has 24 heavy (non-hydrogen) atoms. The van der Waals surface area contributed by atoms with Gasteiger partial charge in [0.05, 0.1) is 19.3 Å². The second kappa shape index (κ2) is 8.38. The number of amides is 1. The fourth-order valence-electron chi connectivity index (χ4n) is 4.24. The third-order valence-electron chi connectivity index (χ3n) is 5.60. The van der Waals surface area contributed by atoms with Gasteiger partial charge in [0.15, 0.2) is 6.29 Å². The number of likely N-dealkylation sites (N-methyl/N-ethyl adjacent to an activating group) is 1. The average molecular weight is 338 g/mol. The quantitative estimate of drug-likeness (QED) is 0.660. The Morgan fingerprint density at radius 2 is 1.96 bits per heavy atom. The van der Waals surface area contributed by atoms with Gasteiger partial charge in [0, 0.05) is 38.8 Å². The van der Waals surface area contributed by atoms with Crippen LogP contribution in [-0.2, 0) is 14.3 Å². The first kappa shape index (κ1) is 17.8. The predicted molar refractivity (Wildman–Crippen MR) is 90.6 cm³/mol. The van der Waals surface area contributed by atoms with E-state index in [1.165, 1.54) is 0 Å². The Morgan fingerprint density at radius 3 is 2.67 bits per heavy atom. The molecule has 136 valence electrons. The van der Waals surface area contributed by atoms with Crippen molar-refractivity contribution in [1.82, 2.24) is 20.0 Å². The van der Waals surface area contributed by atoms with Crippen LogP contribution in [0.2, 0.25) is 0 Å². The molecule has 1 N–H and O–H groups in total. The lowest BCUT2D eigenvalue weighted by Crippen LogP contribution is -2.61. The van der Waals surface area contributed by atoms with Crippen molar-refractivity contribution >= 4 is 12.2 Å². The summed E-state index contributed by atoms with van der Waals surface area (Å²) in [4.78, 5) is 31.0. The molecule has 0 spiro atoms. The molecule has 0 aromatic heterocycles. The van der Waals surface area contributed by atoms with Crippen LogP contribution in [0.15, 0.2) is 0 Å². The molecular formula is C17H30N4O3. The number of nitrogens with one attached hydrogen (secondary N) is 1. The van der Waals surface area contributed by atoms with Gasteiger partial charge in [-0.1, -0.05) is 0 Å². The summed E-state index contributed by atoms with van der Waals surface area (Å²) >= 11 is 0. The molecule has 3 fully saturated rings. The van der Waals surface area contributed by atoms with Gasteiger partial charge in [0.25, 0.3) is 0 Å². The normalized spacial score (nSPS) is 31.4. The summed E-state index contributed by atoms with van der Waals surface area (Å²) in [5.41, 5.74) is 0. The van der Waals surface area contributed by atoms with Crippen molar-refractivity contribution in [1.29, 1.82) is 0 Å². The van der Waals surface area contributed by atoms with Crippen molar-refractivity contribution in [3.63, 3.8) is 0 Å². The minimum Gasteiger partial charge on any atom is -0.379 e. The van der Waals surface area contributed by atoms with Gasteiger partial charge in [-0.25, -0.2) is 0 Å². The van der Waals surface area contributed by atoms with Crippen LogP contribution >= 0.6 is 0 Å². The van der Waals surface area contributed by atoms with Gasteiger partial charge in [-0.2, -0.15) is 0 Å². The zero-order chi connectivity index (χ0) is 16.9. The minimum atomic E-state index is -0.415. The van der Waals surface area contributed by atoms with E-state index < -0.39 is 6.17 Å². The summed E-state index contributed by atoms with van der Waals surface area (Å²) in [5.74, 6) is 0.0675. The van der Waals surface area contributed by atoms with Crippen molar-refractivity contribution in [2.24, 2.45) is 0 Å². The molecule has 1 unspecified atom stereocenters. The molecule has 3 heterocycles. The largest absolute Gasteiger partial charge is 0.379 e. The Balaban J connectivity index is 1.66. The number of hydrogen-bond acceptors (Lipinski definition) is 6. The lowest BCUT2D eigenvalue weighted by Gasteiger charge is -2.42. The molecule has 0 aromatic rings. The molecule has 0 aliphatic carbocycles. The molecule has 3 aliphatic rings. The van der Waals surface area contributed by atoms with E-state index >= 15 is 0 Å². The first-order valence-corrected chi connectivity index (χ1v) is 9.23. The number of rotatable bonds is 6. The summed E-state index contributed by atoms with van der Waals surface area (Å²) in [6.07, 6.45) is 4.55. The van der Waals surface area contributed by atoms with Crippen LogP contribution in [0, 0.1) is 0 Å². The fraction of sp³-hybridized carbons (Fsp3) is 0.882. The summed E-state index contributed by atoms with van der Waals surface area (Å²) in [6.45, 7) is 6.04. The molecule has 7 heteroatoms. The molecule has 3 rings (SSSR count). The van der Waals surface area contributed by atoms with Crippen LogP contribution < -0.4 is 5.32 Å². The van der Waals surface area contributed by atoms with E-state index in [1.807, 2.05) is 7.05 Å². The second-order valence-electron chi connectivity index (χ2n) is 7.01. The van der Waals surface area contributed by atoms with Gasteiger partial charge < -0.3 is 15.0 Å². The summed E-state index contributed by atoms with van der Waals surface area (Å²) in [7, 11) is 1.82. The standard InChI is InChI=1S/C17H30N4O3/c1-18-15-5-3-7-21(17(15)23)16(13-22)20-6-2-4-14(20)12-19-8-10-24-11-9-19/h13-16,18H,2-12H2,1H3/t14-,15+,16?/m0/s1. The smallest absolute Gasteiger partial charge is 0.241 e. The molecule has 1 amide bonds. The number of nitrogens with zero attached hydrogens (tertiary/aromatic N) is 3. The highest BCUT2D eigenvalue weighted by molar-refractivity contribution is 5.85. The number of aldehydes is 1. The molecule has 3 atom stereocenters. The highest BCUT2D eigenvalue weighted by atomic mass is 16.5. The zero-order valence-electron chi connectivity index (χ0n) is 14.7. The van der Waals surface area contributed by atoms with Gasteiger partial charge in [0.2, 0.25) is 5.91 Å². The number of hydrogen-bond donors (Lipinski definition) is 1. The molecule has 0 bridgehead atoms. The van der Waals surface area contributed by atoms with Crippen LogP contribution in [0.4, 0.5) is 0 Å². The van der Waals surface area contributed by atoms with E-state index in [4.69, 9.17) is 4.74 Å². The van der Waals surface area contributed by atoms with Crippen LogP contribution in [-0.4, -0.2) is 98.1 Å². The van der Waals surface area contributed by atoms with Crippen LogP contribution in [0.3, 0.4) is 0 Å². The molecule has 7 nitrogen and oxygen atoms in total. The fourth-order valence-corrected chi connectivity index (χ4v) is 4.24. The number of ether oxygens (including phenoxy) is 1. The maximum Gasteiger partial charge on any atom is 0.241 e. The highest BCUT2D eigenvalue weighted by Crippen LogP contribution is 2.25. The van der Waals surface area contributed by atoms with Gasteiger partial charge >= 0.3 is 0 Å². The van der Waals surface area contributed by atoms with E-state index in [0.717, 1.165) is 71.4 Å². The lowest BCUT2D eigenvalue weighted by atomic mass is 10.0. The summed E-state index contributed by atoms with van der Waals surface area (Å²) in [5, 5.41) is 3.08. The Kier molecular flexibility index (Phi) is 6.21. The first-order chi connectivity index (χ1) is 11.7. The molecular weight excluding hydrogens is 308 g/mol. The molecule has 0 aromatic carbocycles. The van der Waals surface area contributed by atoms with E-state index in [9.17, 15) is 9.59 Å². The van der Waals surface area contributed by atoms with Gasteiger partial charge in [-0.3, -0.25) is 19.4 Å². The van der Waals surface area contributed by atoms with Crippen LogP contribution in [0.5, 0.6) is 0 Å². The van der Waals surface area contributed by atoms with Crippen molar-refractivity contribution in [2.45, 2.75) is 43.9 Å². The number of morpholine rings is 1. The Hall–Kier alpha value is -1.02. The number of carbonyl (C=O) groups excluding carboxylic acids is 2. The molecule has 0 saturated carbocycles. The van der Waals surface area contributed by atoms with E-state index in [-0.39, 0.29) is 11.9 Å². The second-order valence-corrected chi connectivity index (χ2v) is 7.01. The van der Waals surface area contributed by atoms with Crippen molar-refractivity contribution in [3.8, 4) is 0 Å². The zero-order valence-corrected chi connectivity index (χ0v) is 14.7. The summed E-state index contributed by atoms with van der Waals surface area (Å²) < 4.78 is 5.42. The Morgan fingerprint density at radius 1 is 1.21 bits per heavy atom.